The minimum atomic E-state index is 0.703. The fourth-order valence-corrected chi connectivity index (χ4v) is 4.12. The van der Waals surface area contributed by atoms with Crippen molar-refractivity contribution >= 4 is 16.5 Å². The van der Waals surface area contributed by atoms with E-state index in [2.05, 4.69) is 25.0 Å². The lowest BCUT2D eigenvalue weighted by Gasteiger charge is -2.43. The van der Waals surface area contributed by atoms with Crippen LogP contribution < -0.4 is 4.90 Å². The Kier molecular flexibility index (Phi) is 3.57. The van der Waals surface area contributed by atoms with E-state index in [1.807, 2.05) is 18.2 Å². The number of piperidine rings is 1. The molecule has 110 valence electrons. The second kappa shape index (κ2) is 5.69. The van der Waals surface area contributed by atoms with E-state index in [4.69, 9.17) is 0 Å². The van der Waals surface area contributed by atoms with Crippen LogP contribution in [0, 0.1) is 0 Å². The van der Waals surface area contributed by atoms with Crippen LogP contribution >= 0.6 is 11.3 Å². The monoisotopic (exact) mass is 301 g/mol. The van der Waals surface area contributed by atoms with E-state index < -0.39 is 0 Å². The first-order valence-electron chi connectivity index (χ1n) is 7.64. The second-order valence-corrected chi connectivity index (χ2v) is 6.69. The van der Waals surface area contributed by atoms with Gasteiger partial charge in [0.25, 0.3) is 0 Å². The molecule has 4 heterocycles. The number of piperazine rings is 1. The van der Waals surface area contributed by atoms with Crippen molar-refractivity contribution in [2.75, 3.05) is 31.1 Å². The Morgan fingerprint density at radius 2 is 2.10 bits per heavy atom. The van der Waals surface area contributed by atoms with E-state index in [1.54, 1.807) is 17.5 Å². The number of fused-ring (bicyclic) bond motifs is 1. The van der Waals surface area contributed by atoms with Crippen LogP contribution in [0.15, 0.2) is 24.4 Å². The largest absolute Gasteiger partial charge is 0.344 e. The first-order chi connectivity index (χ1) is 10.4. The van der Waals surface area contributed by atoms with Crippen molar-refractivity contribution in [3.05, 3.63) is 24.4 Å². The molecule has 2 aromatic heterocycles. The van der Waals surface area contributed by atoms with E-state index in [-0.39, 0.29) is 0 Å². The lowest BCUT2D eigenvalue weighted by molar-refractivity contribution is 0.133. The molecule has 2 aliphatic heterocycles. The van der Waals surface area contributed by atoms with E-state index >= 15 is 0 Å². The zero-order valence-electron chi connectivity index (χ0n) is 12.0. The van der Waals surface area contributed by atoms with Crippen molar-refractivity contribution in [3.8, 4) is 10.7 Å². The molecule has 2 aromatic rings. The Hall–Kier alpha value is -1.53. The fraction of sp³-hybridized carbons (Fsp3) is 0.533. The average Bonchev–Trinajstić information content (AvgIpc) is 3.05. The highest BCUT2D eigenvalue weighted by molar-refractivity contribution is 7.18. The van der Waals surface area contributed by atoms with Gasteiger partial charge in [0.05, 0.1) is 0 Å². The van der Waals surface area contributed by atoms with Crippen molar-refractivity contribution in [1.82, 2.24) is 20.1 Å². The first kappa shape index (κ1) is 13.2. The van der Waals surface area contributed by atoms with Crippen molar-refractivity contribution < 1.29 is 0 Å². The Bertz CT molecular complexity index is 599. The summed E-state index contributed by atoms with van der Waals surface area (Å²) in [5, 5.41) is 10.7. The molecule has 0 N–H and O–H groups in total. The maximum Gasteiger partial charge on any atom is 0.208 e. The van der Waals surface area contributed by atoms with Gasteiger partial charge in [0.2, 0.25) is 5.13 Å². The molecule has 0 aliphatic carbocycles. The maximum absolute atomic E-state index is 4.39. The summed E-state index contributed by atoms with van der Waals surface area (Å²) in [6.07, 6.45) is 5.85. The van der Waals surface area contributed by atoms with Crippen LogP contribution in [0.2, 0.25) is 0 Å². The van der Waals surface area contributed by atoms with Gasteiger partial charge < -0.3 is 4.90 Å². The topological polar surface area (TPSA) is 45.2 Å². The van der Waals surface area contributed by atoms with Gasteiger partial charge in [0.15, 0.2) is 5.01 Å². The first-order valence-corrected chi connectivity index (χ1v) is 8.46. The second-order valence-electron chi connectivity index (χ2n) is 5.74. The lowest BCUT2D eigenvalue weighted by atomic mass is 10.00. The predicted molar refractivity (Wildman–Crippen MR) is 84.6 cm³/mol. The highest BCUT2D eigenvalue weighted by Gasteiger charge is 2.30. The third kappa shape index (κ3) is 2.65. The molecule has 0 radical (unpaired) electrons. The lowest BCUT2D eigenvalue weighted by Crippen LogP contribution is -2.54. The van der Waals surface area contributed by atoms with Gasteiger partial charge in [-0.2, -0.15) is 0 Å². The Morgan fingerprint density at radius 3 is 3.00 bits per heavy atom. The molecular weight excluding hydrogens is 282 g/mol. The third-order valence-electron chi connectivity index (χ3n) is 4.41. The summed E-state index contributed by atoms with van der Waals surface area (Å²) in [6, 6.07) is 6.61. The fourth-order valence-electron chi connectivity index (χ4n) is 3.27. The molecule has 1 atom stereocenters. The molecule has 2 saturated heterocycles. The molecule has 0 saturated carbocycles. The molecule has 2 aliphatic rings. The van der Waals surface area contributed by atoms with Crippen LogP contribution in [0.1, 0.15) is 19.3 Å². The molecule has 0 bridgehead atoms. The van der Waals surface area contributed by atoms with Gasteiger partial charge >= 0.3 is 0 Å². The summed E-state index contributed by atoms with van der Waals surface area (Å²) >= 11 is 1.65. The van der Waals surface area contributed by atoms with E-state index in [0.29, 0.717) is 6.04 Å². The number of aromatic nitrogens is 3. The SMILES string of the molecule is c1ccc(-c2nnc(N3CCN4CCCCC4C3)s2)nc1. The van der Waals surface area contributed by atoms with Crippen LogP contribution in [-0.2, 0) is 0 Å². The quantitative estimate of drug-likeness (QED) is 0.851. The van der Waals surface area contributed by atoms with E-state index in [9.17, 15) is 0 Å². The van der Waals surface area contributed by atoms with Gasteiger partial charge in [-0.3, -0.25) is 9.88 Å². The normalized spacial score (nSPS) is 23.0. The van der Waals surface area contributed by atoms with Crippen molar-refractivity contribution in [1.29, 1.82) is 0 Å². The average molecular weight is 301 g/mol. The summed E-state index contributed by atoms with van der Waals surface area (Å²) in [5.41, 5.74) is 0.914. The van der Waals surface area contributed by atoms with Crippen molar-refractivity contribution in [3.63, 3.8) is 0 Å². The van der Waals surface area contributed by atoms with E-state index in [0.717, 1.165) is 35.5 Å². The zero-order valence-corrected chi connectivity index (χ0v) is 12.8. The minimum Gasteiger partial charge on any atom is -0.344 e. The Balaban J connectivity index is 1.51. The smallest absolute Gasteiger partial charge is 0.208 e. The molecular formula is C15H19N5S. The van der Waals surface area contributed by atoms with Crippen LogP contribution in [-0.4, -0.2) is 52.3 Å². The molecule has 5 nitrogen and oxygen atoms in total. The molecule has 0 spiro atoms. The molecule has 0 aromatic carbocycles. The standard InChI is InChI=1S/C15H19N5S/c1-3-7-16-13(6-1)14-17-18-15(21-14)20-10-9-19-8-4-2-5-12(19)11-20/h1,3,6-7,12H,2,4-5,8-11H2. The summed E-state index contributed by atoms with van der Waals surface area (Å²) in [5.74, 6) is 0. The molecule has 6 heteroatoms. The number of nitrogens with zero attached hydrogens (tertiary/aromatic N) is 5. The van der Waals surface area contributed by atoms with Crippen LogP contribution in [0.25, 0.3) is 10.7 Å². The van der Waals surface area contributed by atoms with Crippen LogP contribution in [0.3, 0.4) is 0 Å². The molecule has 0 amide bonds. The summed E-state index contributed by atoms with van der Waals surface area (Å²) in [4.78, 5) is 9.39. The molecule has 1 unspecified atom stereocenters. The Morgan fingerprint density at radius 1 is 1.10 bits per heavy atom. The number of hydrogen-bond donors (Lipinski definition) is 0. The summed E-state index contributed by atoms with van der Waals surface area (Å²) < 4.78 is 0. The molecule has 4 rings (SSSR count). The molecule has 21 heavy (non-hydrogen) atoms. The van der Waals surface area contributed by atoms with E-state index in [1.165, 1.54) is 25.8 Å². The van der Waals surface area contributed by atoms with Gasteiger partial charge in [-0.05, 0) is 31.5 Å². The predicted octanol–water partition coefficient (Wildman–Crippen LogP) is 2.27. The van der Waals surface area contributed by atoms with Gasteiger partial charge in [-0.15, -0.1) is 10.2 Å². The minimum absolute atomic E-state index is 0.703. The Labute approximate surface area is 128 Å². The number of anilines is 1. The van der Waals surface area contributed by atoms with Crippen molar-refractivity contribution in [2.45, 2.75) is 25.3 Å². The number of hydrogen-bond acceptors (Lipinski definition) is 6. The van der Waals surface area contributed by atoms with Gasteiger partial charge in [-0.1, -0.05) is 23.8 Å². The maximum atomic E-state index is 4.39. The summed E-state index contributed by atoms with van der Waals surface area (Å²) in [7, 11) is 0. The highest BCUT2D eigenvalue weighted by Crippen LogP contribution is 2.30. The van der Waals surface area contributed by atoms with Crippen LogP contribution in [0.5, 0.6) is 0 Å². The van der Waals surface area contributed by atoms with Crippen molar-refractivity contribution in [2.24, 2.45) is 0 Å². The zero-order chi connectivity index (χ0) is 14.1. The third-order valence-corrected chi connectivity index (χ3v) is 5.41. The number of pyridine rings is 1. The van der Waals surface area contributed by atoms with Gasteiger partial charge in [0, 0.05) is 31.9 Å². The molecule has 2 fully saturated rings. The van der Waals surface area contributed by atoms with Gasteiger partial charge in [0.1, 0.15) is 5.69 Å². The highest BCUT2D eigenvalue weighted by atomic mass is 32.1. The van der Waals surface area contributed by atoms with Crippen LogP contribution in [0.4, 0.5) is 5.13 Å². The number of rotatable bonds is 2. The van der Waals surface area contributed by atoms with Gasteiger partial charge in [-0.25, -0.2) is 0 Å². The summed E-state index contributed by atoms with van der Waals surface area (Å²) in [6.45, 7) is 4.58.